The minimum absolute atomic E-state index is 0.0774. The highest BCUT2D eigenvalue weighted by Gasteiger charge is 2.30. The normalized spacial score (nSPS) is 21.2. The van der Waals surface area contributed by atoms with Gasteiger partial charge in [0.1, 0.15) is 12.1 Å². The molecule has 117 valence electrons. The van der Waals surface area contributed by atoms with E-state index in [1.165, 1.54) is 0 Å². The van der Waals surface area contributed by atoms with Gasteiger partial charge in [-0.15, -0.1) is 0 Å². The summed E-state index contributed by atoms with van der Waals surface area (Å²) in [6.45, 7) is 6.17. The van der Waals surface area contributed by atoms with Gasteiger partial charge in [0.05, 0.1) is 14.2 Å². The maximum absolute atomic E-state index is 5.45. The van der Waals surface area contributed by atoms with Gasteiger partial charge in [0.2, 0.25) is 11.8 Å². The number of pyridine rings is 1. The van der Waals surface area contributed by atoms with Crippen LogP contribution in [0.25, 0.3) is 0 Å². The van der Waals surface area contributed by atoms with Gasteiger partial charge in [0.25, 0.3) is 0 Å². The molecule has 0 saturated carbocycles. The number of hydrogen-bond donors (Lipinski definition) is 0. The zero-order valence-electron chi connectivity index (χ0n) is 13.9. The summed E-state index contributed by atoms with van der Waals surface area (Å²) in [6.07, 6.45) is 2.57. The Labute approximate surface area is 133 Å². The first kappa shape index (κ1) is 16.5. The van der Waals surface area contributed by atoms with Crippen molar-refractivity contribution >= 4 is 24.7 Å². The van der Waals surface area contributed by atoms with E-state index in [4.69, 9.17) is 14.5 Å². The third kappa shape index (κ3) is 3.67. The number of methoxy groups -OCH3 is 2. The molecule has 0 amide bonds. The van der Waals surface area contributed by atoms with Crippen molar-refractivity contribution in [2.24, 2.45) is 15.9 Å². The maximum atomic E-state index is 5.45. The van der Waals surface area contributed by atoms with Crippen LogP contribution >= 0.6 is 0 Å². The van der Waals surface area contributed by atoms with Crippen LogP contribution in [-0.2, 0) is 15.9 Å². The molecule has 5 nitrogen and oxygen atoms in total. The van der Waals surface area contributed by atoms with E-state index in [0.29, 0.717) is 24.1 Å². The monoisotopic (exact) mass is 300 g/mol. The van der Waals surface area contributed by atoms with Crippen molar-refractivity contribution < 1.29 is 9.47 Å². The molecule has 0 bridgehead atoms. The molecule has 1 aliphatic heterocycles. The van der Waals surface area contributed by atoms with Crippen LogP contribution in [-0.4, -0.2) is 50.4 Å². The Bertz CT molecular complexity index is 555. The molecule has 22 heavy (non-hydrogen) atoms. The molecule has 0 saturated heterocycles. The van der Waals surface area contributed by atoms with Gasteiger partial charge in [-0.3, -0.25) is 4.98 Å². The molecular formula is C16H23BN3O2. The van der Waals surface area contributed by atoms with Crippen molar-refractivity contribution in [3.05, 3.63) is 23.9 Å². The molecule has 0 aliphatic carbocycles. The second kappa shape index (κ2) is 7.43. The average molecular weight is 300 g/mol. The molecule has 2 atom stereocenters. The van der Waals surface area contributed by atoms with E-state index in [-0.39, 0.29) is 12.1 Å². The SMILES string of the molecule is C[B]c1ccc(C[C@@H]2N=C(OC)[C@@H](C(C)C)N=C2OC)cn1. The van der Waals surface area contributed by atoms with E-state index in [9.17, 15) is 0 Å². The Hall–Kier alpha value is -1.85. The molecule has 0 unspecified atom stereocenters. The number of aromatic nitrogens is 1. The Balaban J connectivity index is 2.21. The van der Waals surface area contributed by atoms with Crippen molar-refractivity contribution in [1.82, 2.24) is 4.98 Å². The summed E-state index contributed by atoms with van der Waals surface area (Å²) in [5.41, 5.74) is 2.07. The topological polar surface area (TPSA) is 56.1 Å². The lowest BCUT2D eigenvalue weighted by Gasteiger charge is -2.27. The summed E-state index contributed by atoms with van der Waals surface area (Å²) in [7, 11) is 5.26. The van der Waals surface area contributed by atoms with Crippen molar-refractivity contribution in [3.63, 3.8) is 0 Å². The molecule has 1 aromatic heterocycles. The molecule has 1 aliphatic rings. The van der Waals surface area contributed by atoms with Gasteiger partial charge < -0.3 is 9.47 Å². The molecule has 6 heteroatoms. The molecule has 1 aromatic rings. The summed E-state index contributed by atoms with van der Waals surface area (Å²) < 4.78 is 10.9. The predicted molar refractivity (Wildman–Crippen MR) is 90.5 cm³/mol. The van der Waals surface area contributed by atoms with Crippen molar-refractivity contribution in [2.75, 3.05) is 14.2 Å². The third-order valence-electron chi connectivity index (χ3n) is 3.71. The standard InChI is InChI=1S/C16H23BN3O2/c1-10(2)14-16(22-5)19-12(15(20-14)21-4)8-11-6-7-13(17-3)18-9-11/h6-7,9-10,12,14H,8H2,1-5H3/t12-,14+/m0/s1. The van der Waals surface area contributed by atoms with Crippen LogP contribution in [0.3, 0.4) is 0 Å². The predicted octanol–water partition coefficient (Wildman–Crippen LogP) is 1.50. The second-order valence-corrected chi connectivity index (χ2v) is 5.63. The van der Waals surface area contributed by atoms with Crippen molar-refractivity contribution in [3.8, 4) is 0 Å². The first-order valence-electron chi connectivity index (χ1n) is 7.56. The quantitative estimate of drug-likeness (QED) is 0.792. The fourth-order valence-electron chi connectivity index (χ4n) is 2.44. The minimum atomic E-state index is -0.159. The Kier molecular flexibility index (Phi) is 5.58. The van der Waals surface area contributed by atoms with E-state index in [1.54, 1.807) is 14.2 Å². The summed E-state index contributed by atoms with van der Waals surface area (Å²) in [5.74, 6) is 1.64. The maximum Gasteiger partial charge on any atom is 0.209 e. The molecule has 2 heterocycles. The van der Waals surface area contributed by atoms with Gasteiger partial charge in [-0.1, -0.05) is 32.8 Å². The van der Waals surface area contributed by atoms with E-state index >= 15 is 0 Å². The van der Waals surface area contributed by atoms with Crippen LogP contribution in [0.1, 0.15) is 19.4 Å². The number of nitrogens with zero attached hydrogens (tertiary/aromatic N) is 3. The smallest absolute Gasteiger partial charge is 0.209 e. The molecule has 1 radical (unpaired) electrons. The van der Waals surface area contributed by atoms with Gasteiger partial charge in [0.15, 0.2) is 7.28 Å². The van der Waals surface area contributed by atoms with Gasteiger partial charge in [-0.05, 0) is 17.1 Å². The van der Waals surface area contributed by atoms with Crippen LogP contribution in [0.5, 0.6) is 0 Å². The van der Waals surface area contributed by atoms with E-state index in [1.807, 2.05) is 26.4 Å². The minimum Gasteiger partial charge on any atom is -0.483 e. The number of hydrogen-bond acceptors (Lipinski definition) is 5. The molecule has 0 N–H and O–H groups in total. The number of rotatable bonds is 4. The highest BCUT2D eigenvalue weighted by Crippen LogP contribution is 2.19. The third-order valence-corrected chi connectivity index (χ3v) is 3.71. The Morgan fingerprint density at radius 2 is 1.86 bits per heavy atom. The first-order chi connectivity index (χ1) is 10.6. The van der Waals surface area contributed by atoms with Crippen LogP contribution in [0, 0.1) is 5.92 Å². The molecular weight excluding hydrogens is 277 g/mol. The number of ether oxygens (including phenoxy) is 2. The van der Waals surface area contributed by atoms with Gasteiger partial charge in [-0.2, -0.15) is 0 Å². The fourth-order valence-corrected chi connectivity index (χ4v) is 2.44. The zero-order valence-corrected chi connectivity index (χ0v) is 13.9. The van der Waals surface area contributed by atoms with Crippen molar-refractivity contribution in [1.29, 1.82) is 0 Å². The van der Waals surface area contributed by atoms with Crippen molar-refractivity contribution in [2.45, 2.75) is 39.2 Å². The van der Waals surface area contributed by atoms with Crippen LogP contribution < -0.4 is 5.59 Å². The summed E-state index contributed by atoms with van der Waals surface area (Å²) in [6, 6.07) is 3.82. The highest BCUT2D eigenvalue weighted by molar-refractivity contribution is 6.50. The summed E-state index contributed by atoms with van der Waals surface area (Å²) >= 11 is 0. The summed E-state index contributed by atoms with van der Waals surface area (Å²) in [5, 5.41) is 0. The van der Waals surface area contributed by atoms with Crippen LogP contribution in [0.2, 0.25) is 6.82 Å². The first-order valence-corrected chi connectivity index (χ1v) is 7.56. The van der Waals surface area contributed by atoms with E-state index in [2.05, 4.69) is 29.9 Å². The largest absolute Gasteiger partial charge is 0.483 e. The van der Waals surface area contributed by atoms with Gasteiger partial charge >= 0.3 is 0 Å². The lowest BCUT2D eigenvalue weighted by Crippen LogP contribution is -2.38. The Morgan fingerprint density at radius 3 is 2.36 bits per heavy atom. The molecule has 2 rings (SSSR count). The van der Waals surface area contributed by atoms with Gasteiger partial charge in [0, 0.05) is 12.6 Å². The Morgan fingerprint density at radius 1 is 1.14 bits per heavy atom. The average Bonchev–Trinajstić information content (AvgIpc) is 2.54. The lowest BCUT2D eigenvalue weighted by molar-refractivity contribution is 0.332. The zero-order chi connectivity index (χ0) is 16.1. The van der Waals surface area contributed by atoms with E-state index in [0.717, 1.165) is 11.2 Å². The van der Waals surface area contributed by atoms with Crippen LogP contribution in [0.15, 0.2) is 28.3 Å². The molecule has 0 aromatic carbocycles. The van der Waals surface area contributed by atoms with Gasteiger partial charge in [-0.25, -0.2) is 9.98 Å². The molecule has 0 spiro atoms. The van der Waals surface area contributed by atoms with E-state index < -0.39 is 0 Å². The number of aliphatic imine (C=N–C) groups is 2. The second-order valence-electron chi connectivity index (χ2n) is 5.63. The highest BCUT2D eigenvalue weighted by atomic mass is 16.5. The fraction of sp³-hybridized carbons (Fsp3) is 0.562. The lowest BCUT2D eigenvalue weighted by atomic mass is 9.77. The molecule has 0 fully saturated rings. The van der Waals surface area contributed by atoms with Crippen LogP contribution in [0.4, 0.5) is 0 Å². The summed E-state index contributed by atoms with van der Waals surface area (Å²) in [4.78, 5) is 13.8.